The van der Waals surface area contributed by atoms with Crippen LogP contribution in [0.3, 0.4) is 0 Å². The number of non-ortho nitro benzene ring substituents is 1. The Kier molecular flexibility index (Phi) is 7.85. The van der Waals surface area contributed by atoms with Crippen LogP contribution >= 0.6 is 11.6 Å². The first-order valence-electron chi connectivity index (χ1n) is 10.0. The van der Waals surface area contributed by atoms with E-state index in [9.17, 15) is 19.7 Å². The molecule has 0 saturated carbocycles. The van der Waals surface area contributed by atoms with Crippen LogP contribution in [-0.4, -0.2) is 34.3 Å². The van der Waals surface area contributed by atoms with E-state index in [-0.39, 0.29) is 29.4 Å². The summed E-state index contributed by atoms with van der Waals surface area (Å²) in [7, 11) is 0. The molecule has 0 fully saturated rings. The van der Waals surface area contributed by atoms with Crippen molar-refractivity contribution in [1.82, 2.24) is 0 Å². The Balaban J connectivity index is 1.83. The number of carbonyl (C=O) groups excluding carboxylic acids is 1. The molecule has 0 aromatic heterocycles. The summed E-state index contributed by atoms with van der Waals surface area (Å²) in [6.45, 7) is -0.631. The van der Waals surface area contributed by atoms with Gasteiger partial charge >= 0.3 is 5.97 Å². The number of carboxylic acids is 1. The van der Waals surface area contributed by atoms with E-state index in [1.165, 1.54) is 24.3 Å². The molecule has 180 valence electrons. The van der Waals surface area contributed by atoms with E-state index in [2.05, 4.69) is 10.6 Å². The van der Waals surface area contributed by atoms with Crippen molar-refractivity contribution in [3.05, 3.63) is 92.5 Å². The monoisotopic (exact) mass is 497 g/mol. The molecule has 3 aromatic carbocycles. The lowest BCUT2D eigenvalue weighted by Crippen LogP contribution is -2.16. The maximum Gasteiger partial charge on any atom is 0.341 e. The van der Waals surface area contributed by atoms with Gasteiger partial charge in [0.25, 0.3) is 11.6 Å². The van der Waals surface area contributed by atoms with Gasteiger partial charge in [0.15, 0.2) is 6.61 Å². The molecule has 0 heterocycles. The molecular formula is C23H20ClN5O6. The molecule has 0 aliphatic heterocycles. The van der Waals surface area contributed by atoms with Crippen molar-refractivity contribution < 1.29 is 24.4 Å². The van der Waals surface area contributed by atoms with Crippen LogP contribution in [0.4, 0.5) is 17.1 Å². The number of nitrogens with zero attached hydrogens (tertiary/aromatic N) is 1. The van der Waals surface area contributed by atoms with Gasteiger partial charge in [-0.2, -0.15) is 0 Å². The summed E-state index contributed by atoms with van der Waals surface area (Å²) in [5.74, 6) is -1.63. The molecule has 0 aliphatic carbocycles. The number of ether oxygens (including phenoxy) is 1. The molecule has 0 bridgehead atoms. The smallest absolute Gasteiger partial charge is 0.341 e. The van der Waals surface area contributed by atoms with Crippen molar-refractivity contribution in [1.29, 1.82) is 5.41 Å². The van der Waals surface area contributed by atoms with Gasteiger partial charge in [-0.05, 0) is 48.5 Å². The van der Waals surface area contributed by atoms with Gasteiger partial charge in [-0.1, -0.05) is 11.6 Å². The molecule has 1 amide bonds. The second kappa shape index (κ2) is 11.0. The van der Waals surface area contributed by atoms with E-state index < -0.39 is 23.4 Å². The van der Waals surface area contributed by atoms with Crippen LogP contribution in [0.25, 0.3) is 0 Å². The number of nitro groups is 1. The molecule has 35 heavy (non-hydrogen) atoms. The number of hydrogen-bond donors (Lipinski definition) is 5. The lowest BCUT2D eigenvalue weighted by atomic mass is 10.1. The number of amidine groups is 1. The van der Waals surface area contributed by atoms with Gasteiger partial charge < -0.3 is 26.2 Å². The first-order chi connectivity index (χ1) is 16.6. The van der Waals surface area contributed by atoms with Crippen molar-refractivity contribution in [2.75, 3.05) is 17.2 Å². The number of carbonyl (C=O) groups is 2. The highest BCUT2D eigenvalue weighted by atomic mass is 35.5. The summed E-state index contributed by atoms with van der Waals surface area (Å²) in [5.41, 5.74) is 7.11. The molecule has 3 aromatic rings. The molecular weight excluding hydrogens is 478 g/mol. The Labute approximate surface area is 204 Å². The van der Waals surface area contributed by atoms with Crippen molar-refractivity contribution in [3.8, 4) is 5.75 Å². The zero-order chi connectivity index (χ0) is 25.5. The third-order valence-corrected chi connectivity index (χ3v) is 4.99. The molecule has 0 radical (unpaired) electrons. The van der Waals surface area contributed by atoms with E-state index in [0.29, 0.717) is 27.5 Å². The van der Waals surface area contributed by atoms with Crippen LogP contribution in [0.2, 0.25) is 5.02 Å². The van der Waals surface area contributed by atoms with Gasteiger partial charge in [-0.15, -0.1) is 0 Å². The molecule has 12 heteroatoms. The summed E-state index contributed by atoms with van der Waals surface area (Å²) in [4.78, 5) is 34.4. The molecule has 11 nitrogen and oxygen atoms in total. The Bertz CT molecular complexity index is 1300. The third kappa shape index (κ3) is 6.68. The highest BCUT2D eigenvalue weighted by molar-refractivity contribution is 6.31. The van der Waals surface area contributed by atoms with Crippen LogP contribution < -0.4 is 21.1 Å². The predicted octanol–water partition coefficient (Wildman–Crippen LogP) is 3.86. The molecule has 0 atom stereocenters. The number of rotatable bonds is 10. The number of hydrogen-bond acceptors (Lipinski definition) is 7. The third-order valence-electron chi connectivity index (χ3n) is 4.76. The summed E-state index contributed by atoms with van der Waals surface area (Å²) >= 11 is 6.09. The zero-order valence-electron chi connectivity index (χ0n) is 18.1. The Morgan fingerprint density at radius 3 is 2.46 bits per heavy atom. The standard InChI is InChI=1S/C23H20ClN5O6/c24-15-3-7-19(18(10-15)23(32)28-16-4-1-13(2-5-16)22(25)26)27-11-14-9-17(29(33)34)6-8-20(14)35-12-21(30)31/h1-10,27H,11-12H2,(H3,25,26)(H,28,32)(H,30,31). The predicted molar refractivity (Wildman–Crippen MR) is 130 cm³/mol. The largest absolute Gasteiger partial charge is 0.482 e. The first kappa shape index (κ1) is 25.0. The van der Waals surface area contributed by atoms with E-state index in [1.807, 2.05) is 0 Å². The second-order valence-electron chi connectivity index (χ2n) is 7.22. The van der Waals surface area contributed by atoms with Crippen LogP contribution in [0, 0.1) is 15.5 Å². The van der Waals surface area contributed by atoms with E-state index >= 15 is 0 Å². The number of anilines is 2. The summed E-state index contributed by atoms with van der Waals surface area (Å²) in [6, 6.07) is 14.8. The zero-order valence-corrected chi connectivity index (χ0v) is 18.8. The average molecular weight is 498 g/mol. The van der Waals surface area contributed by atoms with E-state index in [1.54, 1.807) is 36.4 Å². The number of halogens is 1. The fraction of sp³-hybridized carbons (Fsp3) is 0.0870. The van der Waals surface area contributed by atoms with E-state index in [0.717, 1.165) is 0 Å². The second-order valence-corrected chi connectivity index (χ2v) is 7.66. The van der Waals surface area contributed by atoms with Crippen LogP contribution in [0.1, 0.15) is 21.5 Å². The minimum atomic E-state index is -1.20. The fourth-order valence-corrected chi connectivity index (χ4v) is 3.25. The highest BCUT2D eigenvalue weighted by Crippen LogP contribution is 2.27. The highest BCUT2D eigenvalue weighted by Gasteiger charge is 2.16. The fourth-order valence-electron chi connectivity index (χ4n) is 3.08. The maximum absolute atomic E-state index is 12.9. The first-order valence-corrected chi connectivity index (χ1v) is 10.4. The van der Waals surface area contributed by atoms with Gasteiger partial charge in [0.1, 0.15) is 11.6 Å². The Morgan fingerprint density at radius 2 is 1.83 bits per heavy atom. The van der Waals surface area contributed by atoms with Crippen LogP contribution in [0.5, 0.6) is 5.75 Å². The van der Waals surface area contributed by atoms with Crippen molar-refractivity contribution in [3.63, 3.8) is 0 Å². The molecule has 6 N–H and O–H groups in total. The van der Waals surface area contributed by atoms with Gasteiger partial charge in [-0.25, -0.2) is 4.79 Å². The van der Waals surface area contributed by atoms with Crippen LogP contribution in [0.15, 0.2) is 60.7 Å². The van der Waals surface area contributed by atoms with Gasteiger partial charge in [0.2, 0.25) is 0 Å². The van der Waals surface area contributed by atoms with Crippen LogP contribution in [-0.2, 0) is 11.3 Å². The lowest BCUT2D eigenvalue weighted by molar-refractivity contribution is -0.384. The summed E-state index contributed by atoms with van der Waals surface area (Å²) in [6.07, 6.45) is 0. The average Bonchev–Trinajstić information content (AvgIpc) is 2.82. The Morgan fingerprint density at radius 1 is 1.11 bits per heavy atom. The normalized spacial score (nSPS) is 10.3. The minimum Gasteiger partial charge on any atom is -0.482 e. The summed E-state index contributed by atoms with van der Waals surface area (Å²) < 4.78 is 5.24. The van der Waals surface area contributed by atoms with E-state index in [4.69, 9.17) is 32.6 Å². The number of amides is 1. The summed E-state index contributed by atoms with van der Waals surface area (Å²) in [5, 5.41) is 33.6. The number of nitrogen functional groups attached to an aromatic ring is 1. The number of carboxylic acid groups (broad SMARTS) is 1. The number of aliphatic carboxylic acids is 1. The van der Waals surface area contributed by atoms with Gasteiger partial charge in [-0.3, -0.25) is 20.3 Å². The Hall–Kier alpha value is -4.64. The number of nitrogens with two attached hydrogens (primary N) is 1. The minimum absolute atomic E-state index is 0.00808. The molecule has 0 spiro atoms. The number of nitro benzene ring substituents is 1. The van der Waals surface area contributed by atoms with Gasteiger partial charge in [0, 0.05) is 46.2 Å². The van der Waals surface area contributed by atoms with Crippen molar-refractivity contribution in [2.45, 2.75) is 6.54 Å². The molecule has 0 aliphatic rings. The van der Waals surface area contributed by atoms with Crippen molar-refractivity contribution in [2.24, 2.45) is 5.73 Å². The quantitative estimate of drug-likeness (QED) is 0.121. The maximum atomic E-state index is 12.9. The molecule has 3 rings (SSSR count). The number of benzene rings is 3. The molecule has 0 saturated heterocycles. The SMILES string of the molecule is N=C(N)c1ccc(NC(=O)c2cc(Cl)ccc2NCc2cc([N+](=O)[O-])ccc2OCC(=O)O)cc1. The van der Waals surface area contributed by atoms with Gasteiger partial charge in [0.05, 0.1) is 10.5 Å². The number of nitrogens with one attached hydrogen (secondary N) is 3. The lowest BCUT2D eigenvalue weighted by Gasteiger charge is -2.15. The molecule has 0 unspecified atom stereocenters. The topological polar surface area (TPSA) is 181 Å². The van der Waals surface area contributed by atoms with Crippen molar-refractivity contribution >= 4 is 46.4 Å².